The van der Waals surface area contributed by atoms with Crippen LogP contribution >= 0.6 is 0 Å². The molecule has 0 bridgehead atoms. The minimum atomic E-state index is -4.52. The van der Waals surface area contributed by atoms with Crippen LogP contribution in [0.4, 0.5) is 18.9 Å². The molecule has 0 aliphatic carbocycles. The summed E-state index contributed by atoms with van der Waals surface area (Å²) in [6.07, 6.45) is -4.31. The molecule has 1 heterocycles. The second kappa shape index (κ2) is 5.21. The number of alkyl halides is 3. The first-order valence-electron chi connectivity index (χ1n) is 5.95. The molecule has 6 heteroatoms. The Kier molecular flexibility index (Phi) is 3.80. The van der Waals surface area contributed by atoms with Crippen molar-refractivity contribution in [2.75, 3.05) is 24.6 Å². The lowest BCUT2D eigenvalue weighted by atomic mass is 10.1. The molecule has 1 fully saturated rings. The van der Waals surface area contributed by atoms with Crippen LogP contribution in [0, 0.1) is 0 Å². The minimum absolute atomic E-state index is 0.0196. The minimum Gasteiger partial charge on any atom is -0.375 e. The van der Waals surface area contributed by atoms with Gasteiger partial charge < -0.3 is 9.64 Å². The molecule has 3 nitrogen and oxygen atoms in total. The van der Waals surface area contributed by atoms with Crippen LogP contribution in [0.1, 0.15) is 22.8 Å². The lowest BCUT2D eigenvalue weighted by Crippen LogP contribution is -2.41. The van der Waals surface area contributed by atoms with Gasteiger partial charge in [-0.25, -0.2) is 0 Å². The maximum Gasteiger partial charge on any atom is 0.417 e. The maximum absolute atomic E-state index is 12.9. The van der Waals surface area contributed by atoms with Crippen molar-refractivity contribution in [3.05, 3.63) is 29.3 Å². The summed E-state index contributed by atoms with van der Waals surface area (Å²) in [5, 5.41) is 0. The normalized spacial score (nSPS) is 20.4. The van der Waals surface area contributed by atoms with Gasteiger partial charge in [-0.1, -0.05) is 0 Å². The van der Waals surface area contributed by atoms with Crippen molar-refractivity contribution in [1.82, 2.24) is 0 Å². The Labute approximate surface area is 109 Å². The van der Waals surface area contributed by atoms with E-state index in [0.29, 0.717) is 25.4 Å². The van der Waals surface area contributed by atoms with Gasteiger partial charge in [-0.3, -0.25) is 4.79 Å². The fourth-order valence-electron chi connectivity index (χ4n) is 2.14. The standard InChI is InChI=1S/C13H14F3NO2/c1-9-7-17(4-5-19-9)11-3-2-10(8-18)12(6-11)13(14,15)16/h2-3,6,8-9H,4-5,7H2,1H3. The number of hydrogen-bond acceptors (Lipinski definition) is 3. The molecule has 1 aromatic carbocycles. The van der Waals surface area contributed by atoms with E-state index in [0.717, 1.165) is 6.07 Å². The van der Waals surface area contributed by atoms with Crippen LogP contribution in [0.2, 0.25) is 0 Å². The van der Waals surface area contributed by atoms with E-state index in [1.807, 2.05) is 11.8 Å². The Morgan fingerprint density at radius 1 is 1.42 bits per heavy atom. The van der Waals surface area contributed by atoms with E-state index in [1.165, 1.54) is 12.1 Å². The lowest BCUT2D eigenvalue weighted by Gasteiger charge is -2.33. The number of carbonyl (C=O) groups is 1. The molecule has 1 saturated heterocycles. The average Bonchev–Trinajstić information content (AvgIpc) is 2.37. The highest BCUT2D eigenvalue weighted by atomic mass is 19.4. The van der Waals surface area contributed by atoms with Crippen molar-refractivity contribution in [3.8, 4) is 0 Å². The van der Waals surface area contributed by atoms with Gasteiger partial charge in [0.05, 0.1) is 18.3 Å². The fraction of sp³-hybridized carbons (Fsp3) is 0.462. The molecular formula is C13H14F3NO2. The largest absolute Gasteiger partial charge is 0.417 e. The van der Waals surface area contributed by atoms with Crippen LogP contribution in [-0.2, 0) is 10.9 Å². The van der Waals surface area contributed by atoms with Gasteiger partial charge in [0.1, 0.15) is 0 Å². The number of anilines is 1. The van der Waals surface area contributed by atoms with Crippen LogP contribution in [0.15, 0.2) is 18.2 Å². The molecule has 1 aliphatic heterocycles. The third-order valence-electron chi connectivity index (χ3n) is 3.08. The Morgan fingerprint density at radius 3 is 2.74 bits per heavy atom. The summed E-state index contributed by atoms with van der Waals surface area (Å²) in [5.41, 5.74) is -0.759. The molecule has 0 aromatic heterocycles. The van der Waals surface area contributed by atoms with Crippen LogP contribution in [0.3, 0.4) is 0 Å². The van der Waals surface area contributed by atoms with Crippen molar-refractivity contribution in [2.24, 2.45) is 0 Å². The highest BCUT2D eigenvalue weighted by molar-refractivity contribution is 5.79. The number of hydrogen-bond donors (Lipinski definition) is 0. The van der Waals surface area contributed by atoms with Crippen molar-refractivity contribution >= 4 is 12.0 Å². The summed E-state index contributed by atoms with van der Waals surface area (Å²) in [4.78, 5) is 12.5. The highest BCUT2D eigenvalue weighted by Crippen LogP contribution is 2.34. The van der Waals surface area contributed by atoms with E-state index in [-0.39, 0.29) is 18.0 Å². The van der Waals surface area contributed by atoms with E-state index >= 15 is 0 Å². The van der Waals surface area contributed by atoms with Crippen molar-refractivity contribution in [2.45, 2.75) is 19.2 Å². The molecule has 1 unspecified atom stereocenters. The summed E-state index contributed by atoms with van der Waals surface area (Å²) < 4.78 is 43.9. The number of morpholine rings is 1. The summed E-state index contributed by atoms with van der Waals surface area (Å²) in [6, 6.07) is 3.78. The Morgan fingerprint density at radius 2 is 2.16 bits per heavy atom. The predicted octanol–water partition coefficient (Wildman–Crippen LogP) is 2.74. The van der Waals surface area contributed by atoms with E-state index in [2.05, 4.69) is 0 Å². The second-order valence-corrected chi connectivity index (χ2v) is 4.51. The van der Waals surface area contributed by atoms with E-state index in [4.69, 9.17) is 4.74 Å². The first kappa shape index (κ1) is 13.9. The predicted molar refractivity (Wildman–Crippen MR) is 64.5 cm³/mol. The molecule has 1 atom stereocenters. The molecule has 19 heavy (non-hydrogen) atoms. The molecule has 104 valence electrons. The number of halogens is 3. The summed E-state index contributed by atoms with van der Waals surface area (Å²) in [5.74, 6) is 0. The molecule has 0 saturated carbocycles. The molecule has 0 amide bonds. The second-order valence-electron chi connectivity index (χ2n) is 4.51. The summed E-state index contributed by atoms with van der Waals surface area (Å²) in [7, 11) is 0. The number of ether oxygens (including phenoxy) is 1. The van der Waals surface area contributed by atoms with Gasteiger partial charge >= 0.3 is 6.18 Å². The van der Waals surface area contributed by atoms with Crippen molar-refractivity contribution in [1.29, 1.82) is 0 Å². The molecule has 1 aliphatic rings. The average molecular weight is 273 g/mol. The van der Waals surface area contributed by atoms with Crippen molar-refractivity contribution in [3.63, 3.8) is 0 Å². The van der Waals surface area contributed by atoms with Crippen molar-refractivity contribution < 1.29 is 22.7 Å². The molecule has 2 rings (SSSR count). The van der Waals surface area contributed by atoms with E-state index in [1.54, 1.807) is 0 Å². The van der Waals surface area contributed by atoms with Crippen LogP contribution in [-0.4, -0.2) is 32.1 Å². The third-order valence-corrected chi connectivity index (χ3v) is 3.08. The van der Waals surface area contributed by atoms with Crippen LogP contribution in [0.5, 0.6) is 0 Å². The molecule has 0 radical (unpaired) electrons. The van der Waals surface area contributed by atoms with E-state index in [9.17, 15) is 18.0 Å². The van der Waals surface area contributed by atoms with Gasteiger partial charge in [0.15, 0.2) is 6.29 Å². The molecule has 1 aromatic rings. The number of rotatable bonds is 2. The van der Waals surface area contributed by atoms with Gasteiger partial charge in [0.2, 0.25) is 0 Å². The SMILES string of the molecule is CC1CN(c2ccc(C=O)c(C(F)(F)F)c2)CCO1. The Balaban J connectivity index is 2.35. The quantitative estimate of drug-likeness (QED) is 0.776. The van der Waals surface area contributed by atoms with Gasteiger partial charge in [0, 0.05) is 24.3 Å². The summed E-state index contributed by atoms with van der Waals surface area (Å²) >= 11 is 0. The lowest BCUT2D eigenvalue weighted by molar-refractivity contribution is -0.137. The van der Waals surface area contributed by atoms with E-state index < -0.39 is 11.7 Å². The van der Waals surface area contributed by atoms with Gasteiger partial charge in [0.25, 0.3) is 0 Å². The zero-order chi connectivity index (χ0) is 14.0. The smallest absolute Gasteiger partial charge is 0.375 e. The number of nitrogens with zero attached hydrogens (tertiary/aromatic N) is 1. The Bertz CT molecular complexity index is 473. The maximum atomic E-state index is 12.9. The highest BCUT2D eigenvalue weighted by Gasteiger charge is 2.34. The number of aldehydes is 1. The summed E-state index contributed by atoms with van der Waals surface area (Å²) in [6.45, 7) is 3.44. The van der Waals surface area contributed by atoms with Gasteiger partial charge in [-0.15, -0.1) is 0 Å². The monoisotopic (exact) mass is 273 g/mol. The van der Waals surface area contributed by atoms with Gasteiger partial charge in [-0.05, 0) is 25.1 Å². The Hall–Kier alpha value is -1.56. The molecule has 0 spiro atoms. The number of carbonyl (C=O) groups excluding carboxylic acids is 1. The topological polar surface area (TPSA) is 29.5 Å². The first-order chi connectivity index (χ1) is 8.91. The molecular weight excluding hydrogens is 259 g/mol. The van der Waals surface area contributed by atoms with Gasteiger partial charge in [-0.2, -0.15) is 13.2 Å². The number of benzene rings is 1. The fourth-order valence-corrected chi connectivity index (χ4v) is 2.14. The third kappa shape index (κ3) is 3.07. The zero-order valence-electron chi connectivity index (χ0n) is 10.4. The van der Waals surface area contributed by atoms with Crippen LogP contribution < -0.4 is 4.90 Å². The van der Waals surface area contributed by atoms with Crippen LogP contribution in [0.25, 0.3) is 0 Å². The zero-order valence-corrected chi connectivity index (χ0v) is 10.4. The molecule has 0 N–H and O–H groups in total. The first-order valence-corrected chi connectivity index (χ1v) is 5.95.